The molecule has 0 aromatic carbocycles. The summed E-state index contributed by atoms with van der Waals surface area (Å²) in [4.78, 5) is 33.4. The van der Waals surface area contributed by atoms with Crippen LogP contribution in [0.25, 0.3) is 0 Å². The number of carbonyl (C=O) groups is 3. The highest BCUT2D eigenvalue weighted by Gasteiger charge is 2.22. The fourth-order valence-corrected chi connectivity index (χ4v) is 3.03. The third-order valence-corrected chi connectivity index (χ3v) is 4.45. The van der Waals surface area contributed by atoms with Gasteiger partial charge in [-0.05, 0) is 50.6 Å². The van der Waals surface area contributed by atoms with E-state index in [0.29, 0.717) is 25.4 Å². The maximum atomic E-state index is 10.9. The molecule has 2 aliphatic rings. The molecule has 132 valence electrons. The van der Waals surface area contributed by atoms with Gasteiger partial charge in [0, 0.05) is 32.9 Å². The Hall–Kier alpha value is -1.63. The van der Waals surface area contributed by atoms with Crippen molar-refractivity contribution in [2.45, 2.75) is 45.4 Å². The molecule has 3 N–H and O–H groups in total. The zero-order chi connectivity index (χ0) is 17.2. The summed E-state index contributed by atoms with van der Waals surface area (Å²) in [6, 6.07) is 0. The number of likely N-dealkylation sites (tertiary alicyclic amines) is 1. The predicted octanol–water partition coefficient (Wildman–Crippen LogP) is 1.18. The molecule has 0 aliphatic carbocycles. The van der Waals surface area contributed by atoms with Gasteiger partial charge < -0.3 is 20.4 Å². The molecule has 2 fully saturated rings. The van der Waals surface area contributed by atoms with Gasteiger partial charge in [0.05, 0.1) is 0 Å². The summed E-state index contributed by atoms with van der Waals surface area (Å²) >= 11 is 0. The summed E-state index contributed by atoms with van der Waals surface area (Å²) in [6.45, 7) is 4.95. The lowest BCUT2D eigenvalue weighted by molar-refractivity contribution is -0.139. The molecule has 0 aromatic heterocycles. The number of piperidine rings is 2. The molecule has 0 bridgehead atoms. The summed E-state index contributed by atoms with van der Waals surface area (Å²) < 4.78 is 0. The number of carbonyl (C=O) groups excluding carboxylic acids is 1. The molecular formula is C16H28N2O5. The predicted molar refractivity (Wildman–Crippen MR) is 85.1 cm³/mol. The van der Waals surface area contributed by atoms with Crippen molar-refractivity contribution in [1.29, 1.82) is 0 Å². The molecule has 2 aliphatic heterocycles. The van der Waals surface area contributed by atoms with Crippen LogP contribution in [-0.4, -0.2) is 59.1 Å². The zero-order valence-corrected chi connectivity index (χ0v) is 13.8. The highest BCUT2D eigenvalue weighted by atomic mass is 16.4. The average molecular weight is 328 g/mol. The van der Waals surface area contributed by atoms with E-state index in [4.69, 9.17) is 10.2 Å². The van der Waals surface area contributed by atoms with Crippen LogP contribution in [0.3, 0.4) is 0 Å². The van der Waals surface area contributed by atoms with E-state index in [-0.39, 0.29) is 18.2 Å². The first-order chi connectivity index (χ1) is 10.9. The van der Waals surface area contributed by atoms with Crippen molar-refractivity contribution in [2.75, 3.05) is 26.2 Å². The molecule has 0 unspecified atom stereocenters. The highest BCUT2D eigenvalue weighted by Crippen LogP contribution is 2.20. The average Bonchev–Trinajstić information content (AvgIpc) is 2.48. The maximum Gasteiger partial charge on any atom is 0.303 e. The van der Waals surface area contributed by atoms with Gasteiger partial charge in [-0.1, -0.05) is 0 Å². The Labute approximate surface area is 137 Å². The molecule has 23 heavy (non-hydrogen) atoms. The van der Waals surface area contributed by atoms with Crippen molar-refractivity contribution in [3.8, 4) is 0 Å². The van der Waals surface area contributed by atoms with E-state index in [2.05, 4.69) is 5.32 Å². The van der Waals surface area contributed by atoms with E-state index in [0.717, 1.165) is 38.8 Å². The fourth-order valence-electron chi connectivity index (χ4n) is 3.03. The van der Waals surface area contributed by atoms with Crippen molar-refractivity contribution in [3.05, 3.63) is 0 Å². The van der Waals surface area contributed by atoms with Crippen LogP contribution < -0.4 is 5.32 Å². The summed E-state index contributed by atoms with van der Waals surface area (Å²) in [5, 5.41) is 20.2. The van der Waals surface area contributed by atoms with Gasteiger partial charge in [-0.15, -0.1) is 0 Å². The van der Waals surface area contributed by atoms with Gasteiger partial charge in [0.1, 0.15) is 0 Å². The Morgan fingerprint density at radius 1 is 0.913 bits per heavy atom. The van der Waals surface area contributed by atoms with Crippen LogP contribution in [0.5, 0.6) is 0 Å². The number of hydrogen-bond donors (Lipinski definition) is 3. The summed E-state index contributed by atoms with van der Waals surface area (Å²) in [5.41, 5.74) is 0. The third-order valence-electron chi connectivity index (χ3n) is 4.45. The van der Waals surface area contributed by atoms with Crippen molar-refractivity contribution in [1.82, 2.24) is 10.2 Å². The Kier molecular flexibility index (Phi) is 8.61. The molecule has 0 radical (unpaired) electrons. The van der Waals surface area contributed by atoms with Crippen LogP contribution in [0.15, 0.2) is 0 Å². The SMILES string of the molecule is CC(=O)N1CCC(CC(=O)O)CC1.O=C(O)CC1CCNCC1. The minimum Gasteiger partial charge on any atom is -0.481 e. The molecule has 2 saturated heterocycles. The second-order valence-electron chi connectivity index (χ2n) is 6.34. The lowest BCUT2D eigenvalue weighted by atomic mass is 9.94. The van der Waals surface area contributed by atoms with E-state index in [1.807, 2.05) is 0 Å². The summed E-state index contributed by atoms with van der Waals surface area (Å²) in [5.74, 6) is -0.631. The van der Waals surface area contributed by atoms with Crippen LogP contribution in [0.1, 0.15) is 45.4 Å². The molecule has 1 amide bonds. The first-order valence-electron chi connectivity index (χ1n) is 8.28. The molecule has 2 rings (SSSR count). The molecular weight excluding hydrogens is 300 g/mol. The summed E-state index contributed by atoms with van der Waals surface area (Å²) in [7, 11) is 0. The smallest absolute Gasteiger partial charge is 0.303 e. The second-order valence-corrected chi connectivity index (χ2v) is 6.34. The number of carboxylic acids is 2. The van der Waals surface area contributed by atoms with Crippen LogP contribution in [-0.2, 0) is 14.4 Å². The number of amides is 1. The topological polar surface area (TPSA) is 107 Å². The number of nitrogens with zero attached hydrogens (tertiary/aromatic N) is 1. The van der Waals surface area contributed by atoms with Gasteiger partial charge in [-0.25, -0.2) is 0 Å². The highest BCUT2D eigenvalue weighted by molar-refractivity contribution is 5.73. The Morgan fingerprint density at radius 3 is 1.74 bits per heavy atom. The van der Waals surface area contributed by atoms with E-state index < -0.39 is 11.9 Å². The number of aliphatic carboxylic acids is 2. The summed E-state index contributed by atoms with van der Waals surface area (Å²) in [6.07, 6.45) is 4.28. The van der Waals surface area contributed by atoms with Crippen molar-refractivity contribution < 1.29 is 24.6 Å². The number of rotatable bonds is 4. The Balaban J connectivity index is 0.000000238. The standard InChI is InChI=1S/C9H15NO3.C7H13NO2/c1-7(11)10-4-2-8(3-5-10)6-9(12)13;9-7(10)5-6-1-3-8-4-2-6/h8H,2-6H2,1H3,(H,12,13);6,8H,1-5H2,(H,9,10). The lowest BCUT2D eigenvalue weighted by Crippen LogP contribution is -2.37. The molecule has 0 atom stereocenters. The number of nitrogens with one attached hydrogen (secondary N) is 1. The minimum absolute atomic E-state index is 0.0915. The van der Waals surface area contributed by atoms with Crippen LogP contribution in [0.4, 0.5) is 0 Å². The second kappa shape index (κ2) is 10.2. The number of hydrogen-bond acceptors (Lipinski definition) is 4. The lowest BCUT2D eigenvalue weighted by Gasteiger charge is -2.30. The molecule has 7 heteroatoms. The van der Waals surface area contributed by atoms with E-state index in [1.165, 1.54) is 0 Å². The van der Waals surface area contributed by atoms with E-state index in [1.54, 1.807) is 11.8 Å². The van der Waals surface area contributed by atoms with Gasteiger partial charge in [0.2, 0.25) is 5.91 Å². The first-order valence-corrected chi connectivity index (χ1v) is 8.28. The van der Waals surface area contributed by atoms with E-state index in [9.17, 15) is 14.4 Å². The molecule has 7 nitrogen and oxygen atoms in total. The van der Waals surface area contributed by atoms with Crippen molar-refractivity contribution in [2.24, 2.45) is 11.8 Å². The van der Waals surface area contributed by atoms with Crippen LogP contribution >= 0.6 is 0 Å². The minimum atomic E-state index is -0.735. The van der Waals surface area contributed by atoms with Gasteiger partial charge in [0.25, 0.3) is 0 Å². The fraction of sp³-hybridized carbons (Fsp3) is 0.812. The van der Waals surface area contributed by atoms with Gasteiger partial charge >= 0.3 is 11.9 Å². The maximum absolute atomic E-state index is 10.9. The quantitative estimate of drug-likeness (QED) is 0.715. The normalized spacial score (nSPS) is 19.6. The van der Waals surface area contributed by atoms with Gasteiger partial charge in [-0.2, -0.15) is 0 Å². The monoisotopic (exact) mass is 328 g/mol. The number of carboxylic acid groups (broad SMARTS) is 2. The molecule has 0 saturated carbocycles. The van der Waals surface area contributed by atoms with Crippen LogP contribution in [0.2, 0.25) is 0 Å². The van der Waals surface area contributed by atoms with Crippen molar-refractivity contribution >= 4 is 17.8 Å². The Bertz CT molecular complexity index is 399. The van der Waals surface area contributed by atoms with Gasteiger partial charge in [-0.3, -0.25) is 14.4 Å². The van der Waals surface area contributed by atoms with Crippen LogP contribution in [0, 0.1) is 11.8 Å². The molecule has 0 spiro atoms. The largest absolute Gasteiger partial charge is 0.481 e. The third kappa shape index (κ3) is 8.54. The van der Waals surface area contributed by atoms with Gasteiger partial charge in [0.15, 0.2) is 0 Å². The molecule has 0 aromatic rings. The van der Waals surface area contributed by atoms with Crippen molar-refractivity contribution in [3.63, 3.8) is 0 Å². The zero-order valence-electron chi connectivity index (χ0n) is 13.8. The first kappa shape index (κ1) is 19.4. The van der Waals surface area contributed by atoms with E-state index >= 15 is 0 Å². The molecule has 2 heterocycles. The Morgan fingerprint density at radius 2 is 1.35 bits per heavy atom.